The number of hydrogen-bond acceptors (Lipinski definition) is 7. The highest BCUT2D eigenvalue weighted by Gasteiger charge is 2.40. The molecule has 0 amide bonds. The van der Waals surface area contributed by atoms with E-state index in [1.807, 2.05) is 0 Å². The molecule has 0 saturated carbocycles. The maximum absolute atomic E-state index is 13.0. The SMILES string of the molecule is C#CCO[C@H]1C[C@H](n2cc(C(F)(F)F)c(=O)[nH]c2=O)O[C@@H]1COS(=O)(=O)CCC. The summed E-state index contributed by atoms with van der Waals surface area (Å²) >= 11 is 0. The summed E-state index contributed by atoms with van der Waals surface area (Å²) in [7, 11) is -3.83. The predicted molar refractivity (Wildman–Crippen MR) is 93.5 cm³/mol. The van der Waals surface area contributed by atoms with Crippen molar-refractivity contribution in [1.29, 1.82) is 0 Å². The molecule has 0 aromatic carbocycles. The third-order valence-electron chi connectivity index (χ3n) is 4.01. The quantitative estimate of drug-likeness (QED) is 0.465. The van der Waals surface area contributed by atoms with E-state index in [4.69, 9.17) is 20.1 Å². The number of hydrogen-bond donors (Lipinski definition) is 1. The second-order valence-corrected chi connectivity index (χ2v) is 7.93. The summed E-state index contributed by atoms with van der Waals surface area (Å²) in [4.78, 5) is 25.0. The molecule has 1 aromatic heterocycles. The normalized spacial score (nSPS) is 22.5. The molecule has 29 heavy (non-hydrogen) atoms. The van der Waals surface area contributed by atoms with Gasteiger partial charge in [0.2, 0.25) is 0 Å². The summed E-state index contributed by atoms with van der Waals surface area (Å²) in [5.41, 5.74) is -4.28. The molecule has 1 fully saturated rings. The zero-order valence-electron chi connectivity index (χ0n) is 15.3. The van der Waals surface area contributed by atoms with E-state index >= 15 is 0 Å². The molecule has 0 radical (unpaired) electrons. The van der Waals surface area contributed by atoms with Crippen LogP contribution in [0, 0.1) is 12.3 Å². The summed E-state index contributed by atoms with van der Waals surface area (Å²) < 4.78 is 78.7. The molecular weight excluding hydrogens is 421 g/mol. The van der Waals surface area contributed by atoms with Gasteiger partial charge < -0.3 is 9.47 Å². The Bertz CT molecular complexity index is 978. The van der Waals surface area contributed by atoms with E-state index in [-0.39, 0.29) is 18.8 Å². The number of alkyl halides is 3. The number of aromatic amines is 1. The fourth-order valence-corrected chi connectivity index (χ4v) is 3.69. The molecular formula is C16H19F3N2O7S. The molecule has 1 saturated heterocycles. The average Bonchev–Trinajstić information content (AvgIpc) is 3.00. The van der Waals surface area contributed by atoms with E-state index < -0.39 is 58.1 Å². The Hall–Kier alpha value is -2.14. The molecule has 1 N–H and O–H groups in total. The topological polar surface area (TPSA) is 117 Å². The summed E-state index contributed by atoms with van der Waals surface area (Å²) in [5.74, 6) is 1.98. The zero-order valence-corrected chi connectivity index (χ0v) is 16.1. The minimum atomic E-state index is -4.99. The second-order valence-electron chi connectivity index (χ2n) is 6.17. The summed E-state index contributed by atoms with van der Waals surface area (Å²) in [6, 6.07) is 0. The Morgan fingerprint density at radius 3 is 2.69 bits per heavy atom. The molecule has 1 aliphatic rings. The van der Waals surface area contributed by atoms with E-state index in [0.717, 1.165) is 0 Å². The number of aromatic nitrogens is 2. The Morgan fingerprint density at radius 2 is 2.10 bits per heavy atom. The average molecular weight is 440 g/mol. The fraction of sp³-hybridized carbons (Fsp3) is 0.625. The van der Waals surface area contributed by atoms with E-state index in [1.165, 1.54) is 0 Å². The summed E-state index contributed by atoms with van der Waals surface area (Å²) in [5, 5.41) is 0. The van der Waals surface area contributed by atoms with Crippen LogP contribution in [0.15, 0.2) is 15.8 Å². The molecule has 0 bridgehead atoms. The standard InChI is InChI=1S/C16H19F3N2O7S/c1-3-5-26-11-7-13(28-12(11)9-27-29(24,25)6-4-2)21-8-10(16(17,18)19)14(22)20-15(21)23/h1,8,11-13H,4-7,9H2,2H3,(H,20,22,23)/t11-,12+,13+/m0/s1. The van der Waals surface area contributed by atoms with Crippen molar-refractivity contribution in [3.63, 3.8) is 0 Å². The lowest BCUT2D eigenvalue weighted by Crippen LogP contribution is -2.36. The highest BCUT2D eigenvalue weighted by Crippen LogP contribution is 2.32. The van der Waals surface area contributed by atoms with Crippen LogP contribution in [0.2, 0.25) is 0 Å². The van der Waals surface area contributed by atoms with Gasteiger partial charge >= 0.3 is 11.9 Å². The first-order chi connectivity index (χ1) is 13.5. The van der Waals surface area contributed by atoms with Crippen LogP contribution >= 0.6 is 0 Å². The maximum atomic E-state index is 13.0. The van der Waals surface area contributed by atoms with Gasteiger partial charge in [-0.2, -0.15) is 21.6 Å². The van der Waals surface area contributed by atoms with Gasteiger partial charge in [0.25, 0.3) is 15.7 Å². The molecule has 2 heterocycles. The van der Waals surface area contributed by atoms with Gasteiger partial charge in [-0.25, -0.2) is 4.79 Å². The number of H-pyrrole nitrogens is 1. The molecule has 9 nitrogen and oxygen atoms in total. The Kier molecular flexibility index (Phi) is 7.28. The van der Waals surface area contributed by atoms with Gasteiger partial charge in [-0.3, -0.25) is 18.5 Å². The molecule has 1 aliphatic heterocycles. The van der Waals surface area contributed by atoms with E-state index in [0.29, 0.717) is 17.2 Å². The van der Waals surface area contributed by atoms with Gasteiger partial charge in [0, 0.05) is 12.6 Å². The Morgan fingerprint density at radius 1 is 1.41 bits per heavy atom. The minimum Gasteiger partial charge on any atom is -0.363 e. The monoisotopic (exact) mass is 440 g/mol. The number of rotatable bonds is 8. The largest absolute Gasteiger partial charge is 0.423 e. The lowest BCUT2D eigenvalue weighted by molar-refractivity contribution is -0.139. The van der Waals surface area contributed by atoms with Crippen molar-refractivity contribution >= 4 is 10.1 Å². The molecule has 13 heteroatoms. The lowest BCUT2D eigenvalue weighted by atomic mass is 10.2. The predicted octanol–water partition coefficient (Wildman–Crippen LogP) is 0.618. The highest BCUT2D eigenvalue weighted by molar-refractivity contribution is 7.86. The third-order valence-corrected chi connectivity index (χ3v) is 5.41. The van der Waals surface area contributed by atoms with Crippen molar-refractivity contribution in [2.75, 3.05) is 19.0 Å². The second kappa shape index (κ2) is 9.12. The fourth-order valence-electron chi connectivity index (χ4n) is 2.73. The van der Waals surface area contributed by atoms with Crippen molar-refractivity contribution in [3.8, 4) is 12.3 Å². The van der Waals surface area contributed by atoms with Gasteiger partial charge in [-0.1, -0.05) is 12.8 Å². The first-order valence-corrected chi connectivity index (χ1v) is 10.1. The van der Waals surface area contributed by atoms with Gasteiger partial charge in [0.05, 0.1) is 18.5 Å². The number of halogens is 3. The van der Waals surface area contributed by atoms with Crippen molar-refractivity contribution in [1.82, 2.24) is 9.55 Å². The summed E-state index contributed by atoms with van der Waals surface area (Å²) in [6.07, 6.45) is -2.44. The molecule has 0 spiro atoms. The number of ether oxygens (including phenoxy) is 2. The van der Waals surface area contributed by atoms with Gasteiger partial charge in [-0.15, -0.1) is 6.42 Å². The molecule has 162 valence electrons. The van der Waals surface area contributed by atoms with Crippen LogP contribution in [0.1, 0.15) is 31.6 Å². The highest BCUT2D eigenvalue weighted by atomic mass is 32.2. The van der Waals surface area contributed by atoms with E-state index in [2.05, 4.69) is 5.92 Å². The van der Waals surface area contributed by atoms with Crippen LogP contribution in [0.3, 0.4) is 0 Å². The molecule has 2 rings (SSSR count). The Labute approximate surface area is 163 Å². The maximum Gasteiger partial charge on any atom is 0.423 e. The van der Waals surface area contributed by atoms with Gasteiger partial charge in [0.15, 0.2) is 0 Å². The molecule has 0 aliphatic carbocycles. The molecule has 0 unspecified atom stereocenters. The Balaban J connectivity index is 2.28. The van der Waals surface area contributed by atoms with Gasteiger partial charge in [-0.05, 0) is 6.42 Å². The first-order valence-electron chi connectivity index (χ1n) is 8.48. The lowest BCUT2D eigenvalue weighted by Gasteiger charge is -2.18. The van der Waals surface area contributed by atoms with E-state index in [9.17, 15) is 31.2 Å². The third kappa shape index (κ3) is 5.92. The van der Waals surface area contributed by atoms with Gasteiger partial charge in [0.1, 0.15) is 24.5 Å². The van der Waals surface area contributed by atoms with Crippen molar-refractivity contribution in [2.24, 2.45) is 0 Å². The van der Waals surface area contributed by atoms with Crippen LogP contribution < -0.4 is 11.2 Å². The van der Waals surface area contributed by atoms with Crippen molar-refractivity contribution < 1.29 is 35.2 Å². The van der Waals surface area contributed by atoms with Crippen LogP contribution in [0.25, 0.3) is 0 Å². The first kappa shape index (κ1) is 23.1. The number of terminal acetylenes is 1. The van der Waals surface area contributed by atoms with Crippen LogP contribution in [-0.2, 0) is 30.0 Å². The number of nitrogens with zero attached hydrogens (tertiary/aromatic N) is 1. The smallest absolute Gasteiger partial charge is 0.363 e. The van der Waals surface area contributed by atoms with Crippen LogP contribution in [0.5, 0.6) is 0 Å². The van der Waals surface area contributed by atoms with E-state index in [1.54, 1.807) is 11.9 Å². The van der Waals surface area contributed by atoms with Crippen LogP contribution in [-0.4, -0.2) is 49.1 Å². The zero-order chi connectivity index (χ0) is 21.8. The van der Waals surface area contributed by atoms with Crippen LogP contribution in [0.4, 0.5) is 13.2 Å². The number of nitrogens with one attached hydrogen (secondary N) is 1. The van der Waals surface area contributed by atoms with Crippen molar-refractivity contribution in [2.45, 2.75) is 44.4 Å². The molecule has 3 atom stereocenters. The minimum absolute atomic E-state index is 0.118. The summed E-state index contributed by atoms with van der Waals surface area (Å²) in [6.45, 7) is 0.994. The van der Waals surface area contributed by atoms with Crippen molar-refractivity contribution in [3.05, 3.63) is 32.6 Å². The molecule has 1 aromatic rings.